The van der Waals surface area contributed by atoms with Crippen LogP contribution in [-0.2, 0) is 14.3 Å². The number of amides is 1. The highest BCUT2D eigenvalue weighted by Gasteiger charge is 2.41. The summed E-state index contributed by atoms with van der Waals surface area (Å²) in [5.74, 6) is -0.0704. The molecule has 0 spiro atoms. The topological polar surface area (TPSA) is 67.4 Å². The van der Waals surface area contributed by atoms with Crippen LogP contribution in [-0.4, -0.2) is 38.1 Å². The summed E-state index contributed by atoms with van der Waals surface area (Å²) >= 11 is 0. The zero-order chi connectivity index (χ0) is 14.5. The van der Waals surface area contributed by atoms with E-state index in [4.69, 9.17) is 4.74 Å². The van der Waals surface area contributed by atoms with Crippen molar-refractivity contribution in [2.45, 2.75) is 46.1 Å². The Labute approximate surface area is 115 Å². The Morgan fingerprint density at radius 1 is 1.42 bits per heavy atom. The Kier molecular flexibility index (Phi) is 5.79. The minimum absolute atomic E-state index is 0.0314. The van der Waals surface area contributed by atoms with E-state index < -0.39 is 6.04 Å². The molecule has 0 aromatic heterocycles. The number of hydrogen-bond donors (Lipinski definition) is 2. The van der Waals surface area contributed by atoms with Crippen molar-refractivity contribution in [1.29, 1.82) is 0 Å². The largest absolute Gasteiger partial charge is 0.467 e. The van der Waals surface area contributed by atoms with Crippen LogP contribution < -0.4 is 10.6 Å². The van der Waals surface area contributed by atoms with Crippen molar-refractivity contribution in [3.8, 4) is 0 Å². The molecule has 5 heteroatoms. The summed E-state index contributed by atoms with van der Waals surface area (Å²) in [6, 6.07) is -0.540. The third kappa shape index (κ3) is 3.93. The first-order valence-electron chi connectivity index (χ1n) is 7.04. The molecular formula is C14H26N2O3. The fraction of sp³-hybridized carbons (Fsp3) is 0.857. The third-order valence-corrected chi connectivity index (χ3v) is 3.90. The molecule has 0 radical (unpaired) electrons. The molecule has 1 fully saturated rings. The third-order valence-electron chi connectivity index (χ3n) is 3.90. The van der Waals surface area contributed by atoms with Crippen molar-refractivity contribution < 1.29 is 14.3 Å². The SMILES string of the molecule is CCC1(C(=O)N[C@@H](CC(C)C)C(=O)OC)CCNC1. The minimum Gasteiger partial charge on any atom is -0.467 e. The molecule has 2 atom stereocenters. The predicted octanol–water partition coefficient (Wildman–Crippen LogP) is 1.08. The summed E-state index contributed by atoms with van der Waals surface area (Å²) in [7, 11) is 1.36. The molecule has 1 heterocycles. The predicted molar refractivity (Wildman–Crippen MR) is 73.6 cm³/mol. The first kappa shape index (κ1) is 16.0. The van der Waals surface area contributed by atoms with Gasteiger partial charge in [0, 0.05) is 6.54 Å². The molecule has 1 aliphatic heterocycles. The lowest BCUT2D eigenvalue weighted by Gasteiger charge is -2.28. The van der Waals surface area contributed by atoms with Crippen molar-refractivity contribution in [3.05, 3.63) is 0 Å². The molecule has 1 rings (SSSR count). The highest BCUT2D eigenvalue weighted by Crippen LogP contribution is 2.29. The Morgan fingerprint density at radius 3 is 2.53 bits per heavy atom. The van der Waals surface area contributed by atoms with Gasteiger partial charge >= 0.3 is 5.97 Å². The number of hydrogen-bond acceptors (Lipinski definition) is 4. The summed E-state index contributed by atoms with van der Waals surface area (Å²) in [6.07, 6.45) is 2.21. The molecular weight excluding hydrogens is 244 g/mol. The number of ether oxygens (including phenoxy) is 1. The standard InChI is InChI=1S/C14H26N2O3/c1-5-14(6-7-15-9-14)13(18)16-11(8-10(2)3)12(17)19-4/h10-11,15H,5-9H2,1-4H3,(H,16,18)/t11-,14?/m0/s1. The second kappa shape index (κ2) is 6.89. The lowest BCUT2D eigenvalue weighted by Crippen LogP contribution is -2.50. The van der Waals surface area contributed by atoms with E-state index in [1.165, 1.54) is 7.11 Å². The fourth-order valence-electron chi connectivity index (χ4n) is 2.54. The molecule has 2 N–H and O–H groups in total. The summed E-state index contributed by atoms with van der Waals surface area (Å²) in [4.78, 5) is 24.2. The van der Waals surface area contributed by atoms with Crippen molar-refractivity contribution in [1.82, 2.24) is 10.6 Å². The number of rotatable bonds is 6. The molecule has 5 nitrogen and oxygen atoms in total. The molecule has 0 aromatic rings. The van der Waals surface area contributed by atoms with Crippen molar-refractivity contribution in [2.75, 3.05) is 20.2 Å². The first-order valence-corrected chi connectivity index (χ1v) is 7.04. The van der Waals surface area contributed by atoms with E-state index in [1.807, 2.05) is 20.8 Å². The van der Waals surface area contributed by atoms with E-state index in [2.05, 4.69) is 10.6 Å². The van der Waals surface area contributed by atoms with Gasteiger partial charge in [0.2, 0.25) is 5.91 Å². The maximum absolute atomic E-state index is 12.5. The van der Waals surface area contributed by atoms with Gasteiger partial charge in [0.1, 0.15) is 6.04 Å². The van der Waals surface area contributed by atoms with Crippen LogP contribution >= 0.6 is 0 Å². The van der Waals surface area contributed by atoms with Crippen LogP contribution in [0, 0.1) is 11.3 Å². The van der Waals surface area contributed by atoms with Crippen LogP contribution in [0.15, 0.2) is 0 Å². The van der Waals surface area contributed by atoms with E-state index in [9.17, 15) is 9.59 Å². The average Bonchev–Trinajstić information content (AvgIpc) is 2.86. The summed E-state index contributed by atoms with van der Waals surface area (Å²) in [6.45, 7) is 7.60. The zero-order valence-corrected chi connectivity index (χ0v) is 12.4. The van der Waals surface area contributed by atoms with E-state index in [1.54, 1.807) is 0 Å². The molecule has 1 aliphatic rings. The molecule has 1 amide bonds. The summed E-state index contributed by atoms with van der Waals surface area (Å²) in [5, 5.41) is 6.10. The van der Waals surface area contributed by atoms with E-state index in [0.29, 0.717) is 18.9 Å². The van der Waals surface area contributed by atoms with Crippen molar-refractivity contribution in [3.63, 3.8) is 0 Å². The van der Waals surface area contributed by atoms with Crippen LogP contribution in [0.25, 0.3) is 0 Å². The second-order valence-corrected chi connectivity index (χ2v) is 5.74. The monoisotopic (exact) mass is 270 g/mol. The second-order valence-electron chi connectivity index (χ2n) is 5.74. The van der Waals surface area contributed by atoms with Crippen molar-refractivity contribution >= 4 is 11.9 Å². The Morgan fingerprint density at radius 2 is 2.11 bits per heavy atom. The summed E-state index contributed by atoms with van der Waals surface area (Å²) < 4.78 is 4.77. The number of methoxy groups -OCH3 is 1. The molecule has 19 heavy (non-hydrogen) atoms. The Balaban J connectivity index is 2.72. The molecule has 110 valence electrons. The van der Waals surface area contributed by atoms with Gasteiger partial charge in [-0.1, -0.05) is 20.8 Å². The lowest BCUT2D eigenvalue weighted by atomic mass is 9.83. The maximum atomic E-state index is 12.5. The van der Waals surface area contributed by atoms with E-state index >= 15 is 0 Å². The molecule has 0 aliphatic carbocycles. The van der Waals surface area contributed by atoms with Gasteiger partial charge in [-0.25, -0.2) is 4.79 Å². The fourth-order valence-corrected chi connectivity index (χ4v) is 2.54. The number of esters is 1. The highest BCUT2D eigenvalue weighted by atomic mass is 16.5. The van der Waals surface area contributed by atoms with Gasteiger partial charge in [-0.2, -0.15) is 0 Å². The van der Waals surface area contributed by atoms with E-state index in [0.717, 1.165) is 19.4 Å². The Bertz CT molecular complexity index is 323. The number of carbonyl (C=O) groups excluding carboxylic acids is 2. The van der Waals surface area contributed by atoms with Crippen LogP contribution in [0.5, 0.6) is 0 Å². The molecule has 0 bridgehead atoms. The van der Waals surface area contributed by atoms with Crippen LogP contribution in [0.3, 0.4) is 0 Å². The van der Waals surface area contributed by atoms with Gasteiger partial charge < -0.3 is 15.4 Å². The normalized spacial score (nSPS) is 24.3. The number of carbonyl (C=O) groups is 2. The first-order chi connectivity index (χ1) is 8.95. The quantitative estimate of drug-likeness (QED) is 0.709. The molecule has 0 saturated carbocycles. The van der Waals surface area contributed by atoms with Crippen molar-refractivity contribution in [2.24, 2.45) is 11.3 Å². The van der Waals surface area contributed by atoms with E-state index in [-0.39, 0.29) is 17.3 Å². The molecule has 0 aromatic carbocycles. The van der Waals surface area contributed by atoms with Gasteiger partial charge in [-0.3, -0.25) is 4.79 Å². The van der Waals surface area contributed by atoms with Gasteiger partial charge in [-0.15, -0.1) is 0 Å². The average molecular weight is 270 g/mol. The van der Waals surface area contributed by atoms with Crippen LogP contribution in [0.2, 0.25) is 0 Å². The molecule has 1 saturated heterocycles. The van der Waals surface area contributed by atoms with Gasteiger partial charge in [0.05, 0.1) is 12.5 Å². The zero-order valence-electron chi connectivity index (χ0n) is 12.4. The smallest absolute Gasteiger partial charge is 0.328 e. The number of nitrogens with one attached hydrogen (secondary N) is 2. The van der Waals surface area contributed by atoms with Crippen LogP contribution in [0.1, 0.15) is 40.0 Å². The highest BCUT2D eigenvalue weighted by molar-refractivity contribution is 5.88. The van der Waals surface area contributed by atoms with Gasteiger partial charge in [-0.05, 0) is 31.7 Å². The van der Waals surface area contributed by atoms with Crippen LogP contribution in [0.4, 0.5) is 0 Å². The van der Waals surface area contributed by atoms with Gasteiger partial charge in [0.25, 0.3) is 0 Å². The Hall–Kier alpha value is -1.10. The minimum atomic E-state index is -0.540. The molecule has 1 unspecified atom stereocenters. The summed E-state index contributed by atoms with van der Waals surface area (Å²) in [5.41, 5.74) is -0.372. The maximum Gasteiger partial charge on any atom is 0.328 e. The van der Waals surface area contributed by atoms with Gasteiger partial charge in [0.15, 0.2) is 0 Å². The lowest BCUT2D eigenvalue weighted by molar-refractivity contribution is -0.147.